The second kappa shape index (κ2) is 7.29. The van der Waals surface area contributed by atoms with Gasteiger partial charge in [0.15, 0.2) is 0 Å². The van der Waals surface area contributed by atoms with Gasteiger partial charge in [0.25, 0.3) is 0 Å². The lowest BCUT2D eigenvalue weighted by Gasteiger charge is -2.36. The largest absolute Gasteiger partial charge is 0.382 e. The molecule has 0 bridgehead atoms. The Morgan fingerprint density at radius 2 is 1.81 bits per heavy atom. The minimum absolute atomic E-state index is 0.650. The fourth-order valence-electron chi connectivity index (χ4n) is 3.31. The molecule has 3 unspecified atom stereocenters. The molecule has 1 rings (SSSR count). The van der Waals surface area contributed by atoms with E-state index in [9.17, 15) is 0 Å². The number of rotatable bonds is 6. The van der Waals surface area contributed by atoms with E-state index in [-0.39, 0.29) is 0 Å². The predicted molar refractivity (Wildman–Crippen MR) is 69.6 cm³/mol. The SMILES string of the molecule is CCOCCC(NC)C1CC(C)CC(C)C1. The maximum Gasteiger partial charge on any atom is 0.0480 e. The summed E-state index contributed by atoms with van der Waals surface area (Å²) in [5, 5.41) is 3.49. The number of hydrogen-bond acceptors (Lipinski definition) is 2. The molecule has 1 aliphatic carbocycles. The fraction of sp³-hybridized carbons (Fsp3) is 1.00. The zero-order valence-corrected chi connectivity index (χ0v) is 11.5. The van der Waals surface area contributed by atoms with Crippen molar-refractivity contribution in [3.63, 3.8) is 0 Å². The zero-order valence-electron chi connectivity index (χ0n) is 11.5. The van der Waals surface area contributed by atoms with Crippen LogP contribution in [0.4, 0.5) is 0 Å². The smallest absolute Gasteiger partial charge is 0.0480 e. The molecule has 1 aliphatic rings. The van der Waals surface area contributed by atoms with Crippen LogP contribution in [0.3, 0.4) is 0 Å². The molecule has 0 spiro atoms. The van der Waals surface area contributed by atoms with Crippen molar-refractivity contribution in [1.82, 2.24) is 5.32 Å². The minimum Gasteiger partial charge on any atom is -0.382 e. The highest BCUT2D eigenvalue weighted by Crippen LogP contribution is 2.35. The molecule has 0 saturated heterocycles. The molecule has 0 aliphatic heterocycles. The standard InChI is InChI=1S/C14H29NO/c1-5-16-7-6-14(15-4)13-9-11(2)8-12(3)10-13/h11-15H,5-10H2,1-4H3. The topological polar surface area (TPSA) is 21.3 Å². The van der Waals surface area contributed by atoms with Crippen molar-refractivity contribution >= 4 is 0 Å². The predicted octanol–water partition coefficient (Wildman–Crippen LogP) is 3.07. The molecule has 3 atom stereocenters. The summed E-state index contributed by atoms with van der Waals surface area (Å²) in [5.74, 6) is 2.65. The van der Waals surface area contributed by atoms with E-state index in [4.69, 9.17) is 4.74 Å². The molecule has 16 heavy (non-hydrogen) atoms. The van der Waals surface area contributed by atoms with Crippen LogP contribution in [0, 0.1) is 17.8 Å². The second-order valence-corrected chi connectivity index (χ2v) is 5.56. The van der Waals surface area contributed by atoms with Crippen molar-refractivity contribution in [1.29, 1.82) is 0 Å². The van der Waals surface area contributed by atoms with E-state index >= 15 is 0 Å². The Morgan fingerprint density at radius 1 is 1.19 bits per heavy atom. The molecule has 0 amide bonds. The van der Waals surface area contributed by atoms with Gasteiger partial charge in [-0.2, -0.15) is 0 Å². The van der Waals surface area contributed by atoms with Crippen LogP contribution in [-0.2, 0) is 4.74 Å². The molecule has 2 heteroatoms. The van der Waals surface area contributed by atoms with Gasteiger partial charge in [-0.15, -0.1) is 0 Å². The van der Waals surface area contributed by atoms with Crippen LogP contribution in [0.2, 0.25) is 0 Å². The molecule has 1 N–H and O–H groups in total. The van der Waals surface area contributed by atoms with Gasteiger partial charge in [-0.1, -0.05) is 13.8 Å². The van der Waals surface area contributed by atoms with Crippen LogP contribution in [0.5, 0.6) is 0 Å². The van der Waals surface area contributed by atoms with E-state index in [1.807, 2.05) is 0 Å². The van der Waals surface area contributed by atoms with Crippen molar-refractivity contribution in [3.8, 4) is 0 Å². The van der Waals surface area contributed by atoms with Gasteiger partial charge in [-0.25, -0.2) is 0 Å². The molecule has 0 aromatic heterocycles. The first-order valence-electron chi connectivity index (χ1n) is 6.92. The average molecular weight is 227 g/mol. The maximum atomic E-state index is 5.47. The average Bonchev–Trinajstić information content (AvgIpc) is 2.23. The third-order valence-corrected chi connectivity index (χ3v) is 3.93. The summed E-state index contributed by atoms with van der Waals surface area (Å²) in [6, 6.07) is 0.650. The Bertz CT molecular complexity index is 174. The maximum absolute atomic E-state index is 5.47. The summed E-state index contributed by atoms with van der Waals surface area (Å²) in [4.78, 5) is 0. The van der Waals surface area contributed by atoms with Crippen LogP contribution in [0.15, 0.2) is 0 Å². The first-order valence-corrected chi connectivity index (χ1v) is 6.92. The first kappa shape index (κ1) is 14.0. The molecule has 0 radical (unpaired) electrons. The van der Waals surface area contributed by atoms with Crippen LogP contribution < -0.4 is 5.32 Å². The van der Waals surface area contributed by atoms with Crippen molar-refractivity contribution in [2.45, 2.75) is 52.5 Å². The van der Waals surface area contributed by atoms with Gasteiger partial charge in [-0.3, -0.25) is 0 Å². The van der Waals surface area contributed by atoms with Crippen molar-refractivity contribution in [3.05, 3.63) is 0 Å². The summed E-state index contributed by atoms with van der Waals surface area (Å²) >= 11 is 0. The second-order valence-electron chi connectivity index (χ2n) is 5.56. The summed E-state index contributed by atoms with van der Waals surface area (Å²) in [6.07, 6.45) is 5.36. The van der Waals surface area contributed by atoms with Crippen LogP contribution in [0.1, 0.15) is 46.5 Å². The quantitative estimate of drug-likeness (QED) is 0.704. The van der Waals surface area contributed by atoms with E-state index in [2.05, 4.69) is 33.1 Å². The van der Waals surface area contributed by atoms with E-state index in [1.165, 1.54) is 19.3 Å². The molecule has 0 heterocycles. The molecule has 0 aromatic rings. The van der Waals surface area contributed by atoms with Gasteiger partial charge in [0.05, 0.1) is 0 Å². The lowest BCUT2D eigenvalue weighted by molar-refractivity contribution is 0.112. The monoisotopic (exact) mass is 227 g/mol. The fourth-order valence-corrected chi connectivity index (χ4v) is 3.31. The van der Waals surface area contributed by atoms with Crippen molar-refractivity contribution in [2.24, 2.45) is 17.8 Å². The minimum atomic E-state index is 0.650. The molecule has 1 fully saturated rings. The van der Waals surface area contributed by atoms with E-state index in [1.54, 1.807) is 0 Å². The first-order chi connectivity index (χ1) is 7.67. The third kappa shape index (κ3) is 4.42. The van der Waals surface area contributed by atoms with Crippen LogP contribution in [0.25, 0.3) is 0 Å². The Kier molecular flexibility index (Phi) is 6.37. The summed E-state index contributed by atoms with van der Waals surface area (Å²) in [5.41, 5.74) is 0. The zero-order chi connectivity index (χ0) is 12.0. The molecular formula is C14H29NO. The van der Waals surface area contributed by atoms with Gasteiger partial charge < -0.3 is 10.1 Å². The highest BCUT2D eigenvalue weighted by molar-refractivity contribution is 4.83. The van der Waals surface area contributed by atoms with E-state index in [0.717, 1.165) is 37.4 Å². The van der Waals surface area contributed by atoms with Crippen LogP contribution in [-0.4, -0.2) is 26.3 Å². The van der Waals surface area contributed by atoms with Crippen molar-refractivity contribution in [2.75, 3.05) is 20.3 Å². The Morgan fingerprint density at radius 3 is 2.31 bits per heavy atom. The third-order valence-electron chi connectivity index (χ3n) is 3.93. The normalized spacial score (nSPS) is 32.6. The van der Waals surface area contributed by atoms with Gasteiger partial charge in [-0.05, 0) is 57.4 Å². The summed E-state index contributed by atoms with van der Waals surface area (Å²) in [6.45, 7) is 8.62. The van der Waals surface area contributed by atoms with E-state index in [0.29, 0.717) is 6.04 Å². The lowest BCUT2D eigenvalue weighted by Crippen LogP contribution is -2.38. The highest BCUT2D eigenvalue weighted by atomic mass is 16.5. The summed E-state index contributed by atoms with van der Waals surface area (Å²) in [7, 11) is 2.10. The highest BCUT2D eigenvalue weighted by Gasteiger charge is 2.28. The molecule has 1 saturated carbocycles. The Balaban J connectivity index is 2.38. The number of nitrogens with one attached hydrogen (secondary N) is 1. The number of ether oxygens (including phenoxy) is 1. The van der Waals surface area contributed by atoms with Crippen molar-refractivity contribution < 1.29 is 4.74 Å². The Labute approximate surface area is 101 Å². The van der Waals surface area contributed by atoms with Gasteiger partial charge in [0.1, 0.15) is 0 Å². The van der Waals surface area contributed by atoms with E-state index < -0.39 is 0 Å². The number of hydrogen-bond donors (Lipinski definition) is 1. The lowest BCUT2D eigenvalue weighted by atomic mass is 9.73. The van der Waals surface area contributed by atoms with Gasteiger partial charge in [0, 0.05) is 19.3 Å². The molecular weight excluding hydrogens is 198 g/mol. The molecule has 96 valence electrons. The molecule has 2 nitrogen and oxygen atoms in total. The molecule has 0 aromatic carbocycles. The van der Waals surface area contributed by atoms with Gasteiger partial charge in [0.2, 0.25) is 0 Å². The van der Waals surface area contributed by atoms with Crippen LogP contribution >= 0.6 is 0 Å². The Hall–Kier alpha value is -0.0800. The van der Waals surface area contributed by atoms with Gasteiger partial charge >= 0.3 is 0 Å². The summed E-state index contributed by atoms with van der Waals surface area (Å²) < 4.78 is 5.47.